The topological polar surface area (TPSA) is 19.6 Å². The average Bonchev–Trinajstić information content (AvgIpc) is 3.76. The summed E-state index contributed by atoms with van der Waals surface area (Å²) in [6, 6.07) is 56.3. The van der Waals surface area contributed by atoms with E-state index in [1.807, 2.05) is 11.8 Å². The maximum Gasteiger partial charge on any atom is 0.139 e. The first-order valence-electron chi connectivity index (χ1n) is 17.1. The van der Waals surface area contributed by atoms with Crippen molar-refractivity contribution in [1.29, 1.82) is 0 Å². The van der Waals surface area contributed by atoms with E-state index in [1.54, 1.807) is 0 Å². The number of benzene rings is 7. The monoisotopic (exact) mass is 660 g/mol. The van der Waals surface area contributed by atoms with Gasteiger partial charge in [-0.2, -0.15) is 0 Å². The van der Waals surface area contributed by atoms with Crippen LogP contribution in [0.3, 0.4) is 0 Å². The molecule has 1 aliphatic carbocycles. The fraction of sp³-hybridized carbons (Fsp3) is 0.0435. The predicted octanol–water partition coefficient (Wildman–Crippen LogP) is 13.4. The Bertz CT molecular complexity index is 2550. The maximum absolute atomic E-state index is 6.88. The highest BCUT2D eigenvalue weighted by Crippen LogP contribution is 2.55. The molecular weight excluding hydrogens is 629 g/mol. The number of furan rings is 1. The first-order valence-corrected chi connectivity index (χ1v) is 18.0. The molecule has 0 fully saturated rings. The lowest BCUT2D eigenvalue weighted by atomic mass is 9.92. The number of hydrogen-bond acceptors (Lipinski definition) is 4. The van der Waals surface area contributed by atoms with Crippen LogP contribution >= 0.6 is 11.8 Å². The van der Waals surface area contributed by atoms with Crippen LogP contribution in [0.25, 0.3) is 32.7 Å². The van der Waals surface area contributed by atoms with Crippen molar-refractivity contribution >= 4 is 78.6 Å². The molecule has 4 heteroatoms. The fourth-order valence-corrected chi connectivity index (χ4v) is 9.19. The van der Waals surface area contributed by atoms with Gasteiger partial charge in [0.05, 0.1) is 22.4 Å². The summed E-state index contributed by atoms with van der Waals surface area (Å²) >= 11 is 1.96. The van der Waals surface area contributed by atoms with Crippen molar-refractivity contribution in [1.82, 2.24) is 0 Å². The molecule has 0 saturated heterocycles. The van der Waals surface area contributed by atoms with Crippen molar-refractivity contribution in [3.8, 4) is 0 Å². The second-order valence-electron chi connectivity index (χ2n) is 12.9. The lowest BCUT2D eigenvalue weighted by molar-refractivity contribution is 0.669. The van der Waals surface area contributed by atoms with Gasteiger partial charge >= 0.3 is 0 Å². The van der Waals surface area contributed by atoms with Gasteiger partial charge in [-0.05, 0) is 70.9 Å². The largest absolute Gasteiger partial charge is 0.456 e. The Kier molecular flexibility index (Phi) is 6.88. The van der Waals surface area contributed by atoms with E-state index in [-0.39, 0.29) is 0 Å². The molecule has 50 heavy (non-hydrogen) atoms. The smallest absolute Gasteiger partial charge is 0.139 e. The second kappa shape index (κ2) is 11.9. The van der Waals surface area contributed by atoms with Crippen LogP contribution < -0.4 is 9.80 Å². The third kappa shape index (κ3) is 4.67. The van der Waals surface area contributed by atoms with Crippen LogP contribution in [0.5, 0.6) is 0 Å². The van der Waals surface area contributed by atoms with Crippen molar-refractivity contribution < 1.29 is 4.42 Å². The first kappa shape index (κ1) is 29.0. The number of anilines is 6. The normalized spacial score (nSPS) is 16.2. The minimum absolute atomic E-state index is 0.367. The molecular formula is C46H32N2OS. The van der Waals surface area contributed by atoms with Crippen LogP contribution in [0, 0.1) is 0 Å². The number of thioether (sulfide) groups is 1. The zero-order valence-electron chi connectivity index (χ0n) is 27.2. The summed E-state index contributed by atoms with van der Waals surface area (Å²) < 4.78 is 6.88. The molecule has 0 saturated carbocycles. The van der Waals surface area contributed by atoms with Gasteiger partial charge in [0.25, 0.3) is 0 Å². The van der Waals surface area contributed by atoms with E-state index in [1.165, 1.54) is 26.9 Å². The maximum atomic E-state index is 6.88. The van der Waals surface area contributed by atoms with Gasteiger partial charge in [0.15, 0.2) is 0 Å². The zero-order chi connectivity index (χ0) is 33.0. The molecule has 1 aromatic heterocycles. The van der Waals surface area contributed by atoms with Crippen LogP contribution in [-0.2, 0) is 0 Å². The lowest BCUT2D eigenvalue weighted by Gasteiger charge is -2.31. The minimum atomic E-state index is 0.367. The van der Waals surface area contributed by atoms with Crippen LogP contribution in [0.15, 0.2) is 191 Å². The summed E-state index contributed by atoms with van der Waals surface area (Å²) in [6.45, 7) is 0. The summed E-state index contributed by atoms with van der Waals surface area (Å²) in [5.74, 6) is 0.367. The van der Waals surface area contributed by atoms with E-state index in [9.17, 15) is 0 Å². The van der Waals surface area contributed by atoms with Crippen molar-refractivity contribution in [2.24, 2.45) is 0 Å². The Hall–Kier alpha value is -5.97. The lowest BCUT2D eigenvalue weighted by Crippen LogP contribution is -2.14. The van der Waals surface area contributed by atoms with Crippen LogP contribution in [0.4, 0.5) is 34.1 Å². The van der Waals surface area contributed by atoms with E-state index < -0.39 is 0 Å². The van der Waals surface area contributed by atoms with Gasteiger partial charge in [-0.3, -0.25) is 0 Å². The molecule has 0 radical (unpaired) electrons. The molecule has 0 bridgehead atoms. The van der Waals surface area contributed by atoms with Crippen molar-refractivity contribution in [2.45, 2.75) is 16.1 Å². The quantitative estimate of drug-likeness (QED) is 0.177. The molecule has 0 amide bonds. The minimum Gasteiger partial charge on any atom is -0.456 e. The van der Waals surface area contributed by atoms with Crippen LogP contribution in [0.2, 0.25) is 0 Å². The summed E-state index contributed by atoms with van der Waals surface area (Å²) in [4.78, 5) is 6.11. The number of nitrogens with zero attached hydrogens (tertiary/aromatic N) is 2. The molecule has 3 nitrogen and oxygen atoms in total. The van der Waals surface area contributed by atoms with Gasteiger partial charge in [0.2, 0.25) is 0 Å². The van der Waals surface area contributed by atoms with E-state index in [2.05, 4.69) is 192 Å². The summed E-state index contributed by atoms with van der Waals surface area (Å²) in [6.07, 6.45) is 9.06. The van der Waals surface area contributed by atoms with Gasteiger partial charge < -0.3 is 14.2 Å². The van der Waals surface area contributed by atoms with Crippen molar-refractivity contribution in [2.75, 3.05) is 9.80 Å². The zero-order valence-corrected chi connectivity index (χ0v) is 28.0. The Morgan fingerprint density at radius 1 is 0.480 bits per heavy atom. The summed E-state index contributed by atoms with van der Waals surface area (Å²) in [7, 11) is 0. The number of allylic oxidation sites excluding steroid dienone is 3. The van der Waals surface area contributed by atoms with Gasteiger partial charge in [0, 0.05) is 44.6 Å². The molecule has 8 aromatic rings. The Morgan fingerprint density at radius 2 is 1.12 bits per heavy atom. The number of hydrogen-bond donors (Lipinski definition) is 0. The summed E-state index contributed by atoms with van der Waals surface area (Å²) in [5.41, 5.74) is 9.64. The molecule has 1 aliphatic heterocycles. The second-order valence-corrected chi connectivity index (χ2v) is 14.0. The highest BCUT2D eigenvalue weighted by Gasteiger charge is 2.34. The Labute approximate surface area is 295 Å². The molecule has 2 aliphatic rings. The molecule has 2 atom stereocenters. The fourth-order valence-electron chi connectivity index (χ4n) is 7.75. The van der Waals surface area contributed by atoms with Crippen LogP contribution in [-0.4, -0.2) is 5.25 Å². The number of fused-ring (bicyclic) bond motifs is 8. The summed E-state index contributed by atoms with van der Waals surface area (Å²) in [5, 5.41) is 4.98. The van der Waals surface area contributed by atoms with Gasteiger partial charge in [-0.1, -0.05) is 121 Å². The molecule has 2 unspecified atom stereocenters. The van der Waals surface area contributed by atoms with E-state index >= 15 is 0 Å². The third-order valence-corrected chi connectivity index (χ3v) is 11.3. The molecule has 0 N–H and O–H groups in total. The van der Waals surface area contributed by atoms with E-state index in [4.69, 9.17) is 4.42 Å². The molecule has 2 heterocycles. The first-order chi connectivity index (χ1) is 24.8. The van der Waals surface area contributed by atoms with E-state index in [0.29, 0.717) is 11.2 Å². The average molecular weight is 661 g/mol. The third-order valence-electron chi connectivity index (χ3n) is 9.93. The molecule has 0 spiro atoms. The van der Waals surface area contributed by atoms with Gasteiger partial charge in [-0.15, -0.1) is 11.8 Å². The molecule has 10 rings (SSSR count). The highest BCUT2D eigenvalue weighted by atomic mass is 32.2. The number of para-hydroxylation sites is 3. The van der Waals surface area contributed by atoms with Crippen LogP contribution in [0.1, 0.15) is 11.5 Å². The van der Waals surface area contributed by atoms with Crippen molar-refractivity contribution in [3.63, 3.8) is 0 Å². The highest BCUT2D eigenvalue weighted by molar-refractivity contribution is 8.00. The molecule has 7 aromatic carbocycles. The van der Waals surface area contributed by atoms with Gasteiger partial charge in [-0.25, -0.2) is 0 Å². The van der Waals surface area contributed by atoms with Crippen molar-refractivity contribution in [3.05, 3.63) is 188 Å². The number of rotatable bonds is 6. The van der Waals surface area contributed by atoms with Gasteiger partial charge in [0.1, 0.15) is 11.2 Å². The molecule has 238 valence electrons. The SMILES string of the molecule is C1=CC2Sc3c(cccc3N(c3ccccc3)c3cc(N(c4ccccc4)c4ccccc4)c4c(c3)oc3ccc5ccccc5c34)C2C=C1. The standard InChI is InChI=1S/C46H32N2OS/c1-4-16-32(17-5-1)47(33-18-6-2-7-19-33)40-29-35(30-42-45(40)44-36-22-11-10-15-31(36)27-28-41(44)49-42)48(34-20-8-3-9-21-34)39-25-14-24-38-37-23-12-13-26-43(37)50-46(38)39/h1-30,37,43H. The Morgan fingerprint density at radius 3 is 1.84 bits per heavy atom. The van der Waals surface area contributed by atoms with E-state index in [0.717, 1.165) is 50.4 Å². The predicted molar refractivity (Wildman–Crippen MR) is 211 cm³/mol. The Balaban J connectivity index is 1.30.